The van der Waals surface area contributed by atoms with Crippen molar-refractivity contribution in [1.29, 1.82) is 0 Å². The molecule has 8 nitrogen and oxygen atoms in total. The van der Waals surface area contributed by atoms with Crippen LogP contribution in [-0.2, 0) is 12.6 Å². The Morgan fingerprint density at radius 3 is 2.64 bits per heavy atom. The van der Waals surface area contributed by atoms with E-state index in [-0.39, 0.29) is 18.0 Å². The molecule has 0 saturated carbocycles. The number of rotatable bonds is 7. The molecule has 3 aromatic rings. The number of carbonyl (C=O) groups is 1. The van der Waals surface area contributed by atoms with Gasteiger partial charge in [0.05, 0.1) is 35.0 Å². The summed E-state index contributed by atoms with van der Waals surface area (Å²) in [6.07, 6.45) is -2.48. The minimum Gasteiger partial charge on any atom is -0.471 e. The van der Waals surface area contributed by atoms with Crippen molar-refractivity contribution in [2.45, 2.75) is 45.1 Å². The highest BCUT2D eigenvalue weighted by Gasteiger charge is 2.33. The van der Waals surface area contributed by atoms with Crippen LogP contribution in [-0.4, -0.2) is 62.0 Å². The predicted molar refractivity (Wildman–Crippen MR) is 125 cm³/mol. The molecule has 2 atom stereocenters. The maximum atomic E-state index is 14.4. The maximum absolute atomic E-state index is 14.4. The molecule has 1 amide bonds. The molecule has 0 radical (unpaired) electrons. The number of aryl methyl sites for hydroxylation is 1. The van der Waals surface area contributed by atoms with Crippen LogP contribution < -0.4 is 10.1 Å². The monoisotopic (exact) mass is 524 g/mol. The number of ether oxygens (including phenoxy) is 1. The molecule has 0 bridgehead atoms. The second-order valence-corrected chi connectivity index (χ2v) is 9.19. The van der Waals surface area contributed by atoms with Crippen molar-refractivity contribution in [3.8, 4) is 5.88 Å². The van der Waals surface area contributed by atoms with Crippen molar-refractivity contribution in [1.82, 2.24) is 24.2 Å². The first kappa shape index (κ1) is 25.9. The molecule has 1 aliphatic rings. The SMILES string of the molecule is CCN1CC[C@H](Oc2ccc(NC(=O)c3c(C)nsc3Cc3cnc(C(F)(F)F)cn3)cn2)[C@H](F)C1. The van der Waals surface area contributed by atoms with Crippen LogP contribution in [0.5, 0.6) is 5.88 Å². The first-order chi connectivity index (χ1) is 17.1. The van der Waals surface area contributed by atoms with Gasteiger partial charge < -0.3 is 15.0 Å². The van der Waals surface area contributed by atoms with Gasteiger partial charge in [0.15, 0.2) is 5.69 Å². The number of piperidine rings is 1. The molecular weight excluding hydrogens is 500 g/mol. The van der Waals surface area contributed by atoms with Gasteiger partial charge in [-0.05, 0) is 37.5 Å². The van der Waals surface area contributed by atoms with Crippen molar-refractivity contribution < 1.29 is 27.1 Å². The highest BCUT2D eigenvalue weighted by Crippen LogP contribution is 2.28. The molecule has 192 valence electrons. The first-order valence-corrected chi connectivity index (χ1v) is 12.0. The lowest BCUT2D eigenvalue weighted by Crippen LogP contribution is -2.46. The van der Waals surface area contributed by atoms with Crippen LogP contribution in [0.1, 0.15) is 45.7 Å². The van der Waals surface area contributed by atoms with E-state index in [1.165, 1.54) is 6.20 Å². The molecule has 1 aliphatic heterocycles. The quantitative estimate of drug-likeness (QED) is 0.461. The number of halogens is 4. The summed E-state index contributed by atoms with van der Waals surface area (Å²) in [4.78, 5) is 26.9. The van der Waals surface area contributed by atoms with Crippen molar-refractivity contribution >= 4 is 23.1 Å². The summed E-state index contributed by atoms with van der Waals surface area (Å²) in [6.45, 7) is 5.52. The number of amides is 1. The van der Waals surface area contributed by atoms with Crippen LogP contribution in [0, 0.1) is 6.92 Å². The summed E-state index contributed by atoms with van der Waals surface area (Å²) in [5.41, 5.74) is 0.381. The Labute approximate surface area is 208 Å². The Balaban J connectivity index is 1.39. The van der Waals surface area contributed by atoms with Gasteiger partial charge in [-0.25, -0.2) is 14.4 Å². The molecule has 1 fully saturated rings. The molecule has 0 aliphatic carbocycles. The Hall–Kier alpha value is -3.19. The van der Waals surface area contributed by atoms with Gasteiger partial charge in [0.2, 0.25) is 5.88 Å². The summed E-state index contributed by atoms with van der Waals surface area (Å²) >= 11 is 1.07. The van der Waals surface area contributed by atoms with Gasteiger partial charge in [-0.15, -0.1) is 0 Å². The number of pyridine rings is 1. The number of hydrogen-bond acceptors (Lipinski definition) is 8. The number of alkyl halides is 4. The normalized spacial score (nSPS) is 18.7. The van der Waals surface area contributed by atoms with Gasteiger partial charge in [0.25, 0.3) is 5.91 Å². The van der Waals surface area contributed by atoms with Crippen LogP contribution in [0.15, 0.2) is 30.7 Å². The zero-order chi connectivity index (χ0) is 25.9. The van der Waals surface area contributed by atoms with Crippen molar-refractivity contribution in [2.75, 3.05) is 25.0 Å². The summed E-state index contributed by atoms with van der Waals surface area (Å²) < 4.78 is 62.4. The largest absolute Gasteiger partial charge is 0.471 e. The molecule has 4 heterocycles. The lowest BCUT2D eigenvalue weighted by molar-refractivity contribution is -0.141. The van der Waals surface area contributed by atoms with E-state index in [2.05, 4.69) is 24.6 Å². The van der Waals surface area contributed by atoms with Gasteiger partial charge in [-0.2, -0.15) is 17.5 Å². The van der Waals surface area contributed by atoms with Crippen LogP contribution >= 0.6 is 11.5 Å². The predicted octanol–water partition coefficient (Wildman–Crippen LogP) is 4.31. The summed E-state index contributed by atoms with van der Waals surface area (Å²) in [6, 6.07) is 3.16. The third kappa shape index (κ3) is 6.13. The van der Waals surface area contributed by atoms with E-state index in [9.17, 15) is 22.4 Å². The summed E-state index contributed by atoms with van der Waals surface area (Å²) in [5, 5.41) is 2.74. The van der Waals surface area contributed by atoms with Gasteiger partial charge in [0, 0.05) is 36.7 Å². The number of hydrogen-bond donors (Lipinski definition) is 1. The minimum absolute atomic E-state index is 0.103. The number of aromatic nitrogens is 4. The van der Waals surface area contributed by atoms with Crippen LogP contribution in [0.3, 0.4) is 0 Å². The summed E-state index contributed by atoms with van der Waals surface area (Å²) in [5.74, 6) is -0.178. The molecule has 1 saturated heterocycles. The highest BCUT2D eigenvalue weighted by atomic mass is 32.1. The summed E-state index contributed by atoms with van der Waals surface area (Å²) in [7, 11) is 0. The van der Waals surface area contributed by atoms with Crippen LogP contribution in [0.2, 0.25) is 0 Å². The van der Waals surface area contributed by atoms with E-state index in [0.717, 1.165) is 30.8 Å². The highest BCUT2D eigenvalue weighted by molar-refractivity contribution is 7.06. The van der Waals surface area contributed by atoms with E-state index in [0.29, 0.717) is 41.0 Å². The van der Waals surface area contributed by atoms with Gasteiger partial charge in [0.1, 0.15) is 12.3 Å². The second kappa shape index (κ2) is 10.8. The van der Waals surface area contributed by atoms with Crippen molar-refractivity contribution in [3.05, 3.63) is 58.2 Å². The Kier molecular flexibility index (Phi) is 7.79. The van der Waals surface area contributed by atoms with Crippen molar-refractivity contribution in [2.24, 2.45) is 0 Å². The fraction of sp³-hybridized carbons (Fsp3) is 0.435. The lowest BCUT2D eigenvalue weighted by atomic mass is 10.1. The molecule has 13 heteroatoms. The number of nitrogens with zero attached hydrogens (tertiary/aromatic N) is 5. The fourth-order valence-corrected chi connectivity index (χ4v) is 4.71. The number of nitrogens with one attached hydrogen (secondary N) is 1. The second-order valence-electron chi connectivity index (χ2n) is 8.33. The molecule has 0 unspecified atom stereocenters. The van der Waals surface area contributed by atoms with E-state index in [4.69, 9.17) is 4.74 Å². The average molecular weight is 525 g/mol. The number of carbonyl (C=O) groups excluding carboxylic acids is 1. The minimum atomic E-state index is -4.58. The number of likely N-dealkylation sites (tertiary alicyclic amines) is 1. The maximum Gasteiger partial charge on any atom is 0.434 e. The lowest BCUT2D eigenvalue weighted by Gasteiger charge is -2.33. The van der Waals surface area contributed by atoms with Gasteiger partial charge in [-0.3, -0.25) is 9.78 Å². The Morgan fingerprint density at radius 2 is 2.03 bits per heavy atom. The van der Waals surface area contributed by atoms with Gasteiger partial charge in [-0.1, -0.05) is 6.92 Å². The van der Waals surface area contributed by atoms with Crippen LogP contribution in [0.4, 0.5) is 23.2 Å². The van der Waals surface area contributed by atoms with Gasteiger partial charge >= 0.3 is 6.18 Å². The molecule has 36 heavy (non-hydrogen) atoms. The smallest absolute Gasteiger partial charge is 0.434 e. The third-order valence-corrected chi connectivity index (χ3v) is 6.71. The molecule has 0 aromatic carbocycles. The Bertz CT molecular complexity index is 1190. The standard InChI is InChI=1S/C23H24F4N6O2S/c1-3-33-7-6-17(16(24)12-33)35-20-5-4-14(9-30-20)31-22(34)21-13(2)32-36-18(21)8-15-10-29-19(11-28-15)23(25,26)27/h4-5,9-11,16-17H,3,6-8,12H2,1-2H3,(H,31,34)/t16-,17+/m1/s1. The fourth-order valence-electron chi connectivity index (χ4n) is 3.82. The Morgan fingerprint density at radius 1 is 1.22 bits per heavy atom. The van der Waals surface area contributed by atoms with E-state index >= 15 is 0 Å². The van der Waals surface area contributed by atoms with Crippen LogP contribution in [0.25, 0.3) is 0 Å². The molecule has 1 N–H and O–H groups in total. The zero-order valence-corrected chi connectivity index (χ0v) is 20.4. The van der Waals surface area contributed by atoms with E-state index < -0.39 is 30.1 Å². The molecular formula is C23H24F4N6O2S. The molecule has 3 aromatic heterocycles. The van der Waals surface area contributed by atoms with E-state index in [1.807, 2.05) is 11.8 Å². The molecule has 4 rings (SSSR count). The third-order valence-electron chi connectivity index (χ3n) is 5.78. The average Bonchev–Trinajstić information content (AvgIpc) is 3.21. The van der Waals surface area contributed by atoms with E-state index in [1.54, 1.807) is 19.1 Å². The number of anilines is 1. The zero-order valence-electron chi connectivity index (χ0n) is 19.5. The first-order valence-electron chi connectivity index (χ1n) is 11.3. The van der Waals surface area contributed by atoms with Crippen molar-refractivity contribution in [3.63, 3.8) is 0 Å². The molecule has 0 spiro atoms. The topological polar surface area (TPSA) is 93.1 Å².